The van der Waals surface area contributed by atoms with Gasteiger partial charge in [0.15, 0.2) is 0 Å². The Balaban J connectivity index is 1.58. The van der Waals surface area contributed by atoms with Gasteiger partial charge in [0.2, 0.25) is 5.91 Å². The van der Waals surface area contributed by atoms with E-state index in [2.05, 4.69) is 26.6 Å². The quantitative estimate of drug-likeness (QED) is 0.624. The molecule has 0 aliphatic rings. The first kappa shape index (κ1) is 16.3. The summed E-state index contributed by atoms with van der Waals surface area (Å²) in [4.78, 5) is 12.1. The van der Waals surface area contributed by atoms with Gasteiger partial charge >= 0.3 is 0 Å². The lowest BCUT2D eigenvalue weighted by Crippen LogP contribution is -2.14. The van der Waals surface area contributed by atoms with Crippen molar-refractivity contribution in [1.29, 1.82) is 0 Å². The molecule has 4 heteroatoms. The lowest BCUT2D eigenvalue weighted by molar-refractivity contribution is -0.115. The van der Waals surface area contributed by atoms with Crippen LogP contribution < -0.4 is 10.6 Å². The number of hydrogen-bond acceptors (Lipinski definition) is 2. The minimum atomic E-state index is -0.0187. The van der Waals surface area contributed by atoms with Crippen LogP contribution in [-0.4, -0.2) is 5.91 Å². The second kappa shape index (κ2) is 7.79. The summed E-state index contributed by atoms with van der Waals surface area (Å²) in [6.07, 6.45) is 0.375. The second-order valence-corrected chi connectivity index (χ2v) is 6.34. The van der Waals surface area contributed by atoms with Gasteiger partial charge in [0, 0.05) is 21.5 Å². The van der Waals surface area contributed by atoms with E-state index in [4.69, 9.17) is 0 Å². The Kier molecular flexibility index (Phi) is 5.29. The van der Waals surface area contributed by atoms with E-state index in [9.17, 15) is 4.79 Å². The molecule has 3 rings (SSSR count). The molecule has 0 bridgehead atoms. The molecule has 0 radical (unpaired) electrons. The van der Waals surface area contributed by atoms with Crippen LogP contribution >= 0.6 is 15.9 Å². The summed E-state index contributed by atoms with van der Waals surface area (Å²) < 4.78 is 1.05. The standard InChI is InChI=1S/C20H17BrN2O/c21-16-6-8-17(9-7-16)22-18-10-12-19(13-11-18)23-20(24)14-15-4-2-1-3-5-15/h1-13,22H,14H2,(H,23,24). The molecule has 3 aromatic rings. The average molecular weight is 381 g/mol. The SMILES string of the molecule is O=C(Cc1ccccc1)Nc1ccc(Nc2ccc(Br)cc2)cc1. The van der Waals surface area contributed by atoms with Crippen molar-refractivity contribution in [1.82, 2.24) is 0 Å². The molecule has 0 spiro atoms. The fourth-order valence-electron chi connectivity index (χ4n) is 2.32. The molecular weight excluding hydrogens is 364 g/mol. The van der Waals surface area contributed by atoms with Gasteiger partial charge in [0.25, 0.3) is 0 Å². The number of carbonyl (C=O) groups is 1. The Hall–Kier alpha value is -2.59. The minimum Gasteiger partial charge on any atom is -0.356 e. The van der Waals surface area contributed by atoms with Gasteiger partial charge in [-0.1, -0.05) is 46.3 Å². The molecule has 0 unspecified atom stereocenters. The molecule has 2 N–H and O–H groups in total. The summed E-state index contributed by atoms with van der Waals surface area (Å²) in [6, 6.07) is 25.4. The van der Waals surface area contributed by atoms with E-state index < -0.39 is 0 Å². The highest BCUT2D eigenvalue weighted by molar-refractivity contribution is 9.10. The average Bonchev–Trinajstić information content (AvgIpc) is 2.59. The van der Waals surface area contributed by atoms with E-state index >= 15 is 0 Å². The topological polar surface area (TPSA) is 41.1 Å². The third-order valence-electron chi connectivity index (χ3n) is 3.51. The monoisotopic (exact) mass is 380 g/mol. The highest BCUT2D eigenvalue weighted by atomic mass is 79.9. The van der Waals surface area contributed by atoms with Gasteiger partial charge in [-0.2, -0.15) is 0 Å². The Bertz CT molecular complexity index is 799. The van der Waals surface area contributed by atoms with Gasteiger partial charge in [-0.3, -0.25) is 4.79 Å². The fraction of sp³-hybridized carbons (Fsp3) is 0.0500. The summed E-state index contributed by atoms with van der Waals surface area (Å²) in [5.74, 6) is -0.0187. The first-order valence-corrected chi connectivity index (χ1v) is 8.45. The zero-order valence-corrected chi connectivity index (χ0v) is 14.6. The van der Waals surface area contributed by atoms with E-state index in [1.807, 2.05) is 78.9 Å². The van der Waals surface area contributed by atoms with E-state index in [0.717, 1.165) is 27.1 Å². The molecule has 0 aliphatic carbocycles. The maximum atomic E-state index is 12.1. The van der Waals surface area contributed by atoms with Crippen molar-refractivity contribution in [3.05, 3.63) is 88.9 Å². The van der Waals surface area contributed by atoms with Crippen molar-refractivity contribution in [3.8, 4) is 0 Å². The molecule has 0 aromatic heterocycles. The van der Waals surface area contributed by atoms with Crippen molar-refractivity contribution in [2.45, 2.75) is 6.42 Å². The molecule has 0 atom stereocenters. The van der Waals surface area contributed by atoms with E-state index in [-0.39, 0.29) is 5.91 Å². The highest BCUT2D eigenvalue weighted by Crippen LogP contribution is 2.21. The predicted octanol–water partition coefficient (Wildman–Crippen LogP) is 5.37. The molecule has 120 valence electrons. The molecule has 1 amide bonds. The van der Waals surface area contributed by atoms with Crippen LogP contribution in [0.3, 0.4) is 0 Å². The Morgan fingerprint density at radius 3 is 1.92 bits per heavy atom. The number of anilines is 3. The largest absolute Gasteiger partial charge is 0.356 e. The molecule has 0 saturated heterocycles. The van der Waals surface area contributed by atoms with Gasteiger partial charge < -0.3 is 10.6 Å². The smallest absolute Gasteiger partial charge is 0.228 e. The first-order chi connectivity index (χ1) is 11.7. The molecular formula is C20H17BrN2O. The van der Waals surface area contributed by atoms with Crippen LogP contribution in [0.25, 0.3) is 0 Å². The summed E-state index contributed by atoms with van der Waals surface area (Å²) >= 11 is 3.42. The number of benzene rings is 3. The number of amides is 1. The van der Waals surface area contributed by atoms with E-state index in [1.54, 1.807) is 0 Å². The van der Waals surface area contributed by atoms with Crippen LogP contribution in [0.1, 0.15) is 5.56 Å². The molecule has 0 heterocycles. The third-order valence-corrected chi connectivity index (χ3v) is 4.04. The van der Waals surface area contributed by atoms with E-state index in [1.165, 1.54) is 0 Å². The molecule has 0 fully saturated rings. The first-order valence-electron chi connectivity index (χ1n) is 7.65. The Morgan fingerprint density at radius 1 is 0.750 bits per heavy atom. The zero-order chi connectivity index (χ0) is 16.8. The van der Waals surface area contributed by atoms with Crippen molar-refractivity contribution in [2.24, 2.45) is 0 Å². The molecule has 3 nitrogen and oxygen atoms in total. The van der Waals surface area contributed by atoms with Crippen LogP contribution in [0, 0.1) is 0 Å². The number of nitrogens with one attached hydrogen (secondary N) is 2. The molecule has 0 aliphatic heterocycles. The summed E-state index contributed by atoms with van der Waals surface area (Å²) in [5, 5.41) is 6.23. The van der Waals surface area contributed by atoms with Crippen LogP contribution in [0.4, 0.5) is 17.1 Å². The van der Waals surface area contributed by atoms with Gasteiger partial charge in [-0.05, 0) is 54.1 Å². The number of halogens is 1. The van der Waals surface area contributed by atoms with Crippen LogP contribution in [0.5, 0.6) is 0 Å². The van der Waals surface area contributed by atoms with Crippen molar-refractivity contribution >= 4 is 38.9 Å². The number of rotatable bonds is 5. The zero-order valence-electron chi connectivity index (χ0n) is 13.0. The highest BCUT2D eigenvalue weighted by Gasteiger charge is 2.04. The number of hydrogen-bond donors (Lipinski definition) is 2. The van der Waals surface area contributed by atoms with Crippen molar-refractivity contribution in [2.75, 3.05) is 10.6 Å². The van der Waals surface area contributed by atoms with Gasteiger partial charge in [-0.15, -0.1) is 0 Å². The lowest BCUT2D eigenvalue weighted by atomic mass is 10.1. The van der Waals surface area contributed by atoms with Crippen molar-refractivity contribution < 1.29 is 4.79 Å². The maximum absolute atomic E-state index is 12.1. The number of carbonyl (C=O) groups excluding carboxylic acids is 1. The van der Waals surface area contributed by atoms with E-state index in [0.29, 0.717) is 6.42 Å². The Labute approximate surface area is 149 Å². The maximum Gasteiger partial charge on any atom is 0.228 e. The Morgan fingerprint density at radius 2 is 1.29 bits per heavy atom. The van der Waals surface area contributed by atoms with Crippen molar-refractivity contribution in [3.63, 3.8) is 0 Å². The second-order valence-electron chi connectivity index (χ2n) is 5.42. The lowest BCUT2D eigenvalue weighted by Gasteiger charge is -2.09. The van der Waals surface area contributed by atoms with Gasteiger partial charge in [0.1, 0.15) is 0 Å². The van der Waals surface area contributed by atoms with Gasteiger partial charge in [-0.25, -0.2) is 0 Å². The van der Waals surface area contributed by atoms with Gasteiger partial charge in [0.05, 0.1) is 6.42 Å². The third kappa shape index (κ3) is 4.70. The summed E-state index contributed by atoms with van der Waals surface area (Å²) in [6.45, 7) is 0. The molecule has 0 saturated carbocycles. The fourth-order valence-corrected chi connectivity index (χ4v) is 2.59. The van der Waals surface area contributed by atoms with Crippen LogP contribution in [0.15, 0.2) is 83.3 Å². The molecule has 24 heavy (non-hydrogen) atoms. The summed E-state index contributed by atoms with van der Waals surface area (Å²) in [7, 11) is 0. The van der Waals surface area contributed by atoms with Crippen LogP contribution in [0.2, 0.25) is 0 Å². The molecule has 3 aromatic carbocycles. The minimum absolute atomic E-state index is 0.0187. The predicted molar refractivity (Wildman–Crippen MR) is 103 cm³/mol. The summed E-state index contributed by atoms with van der Waals surface area (Å²) in [5.41, 5.74) is 3.78. The van der Waals surface area contributed by atoms with Crippen LogP contribution in [-0.2, 0) is 11.2 Å². The normalized spacial score (nSPS) is 10.2.